The quantitative estimate of drug-likeness (QED) is 0.250. The number of methoxy groups -OCH3 is 1. The normalized spacial score (nSPS) is 17.4. The fraction of sp³-hybridized carbons (Fsp3) is 0.367. The van der Waals surface area contributed by atoms with Crippen LogP contribution in [0.1, 0.15) is 20.3 Å². The smallest absolute Gasteiger partial charge is 0.489 e. The van der Waals surface area contributed by atoms with E-state index in [0.29, 0.717) is 35.4 Å². The predicted molar refractivity (Wildman–Crippen MR) is 165 cm³/mol. The molecule has 250 valence electrons. The maximum Gasteiger partial charge on any atom is 0.490 e. The Hall–Kier alpha value is -4.83. The average Bonchev–Trinajstić information content (AvgIpc) is 3.40. The molecule has 7 rings (SSSR count). The number of carbonyl (C=O) groups excluding carboxylic acids is 1. The minimum absolute atomic E-state index is 0.112. The molecule has 4 aromatic rings. The van der Waals surface area contributed by atoms with E-state index in [2.05, 4.69) is 20.3 Å². The van der Waals surface area contributed by atoms with E-state index in [4.69, 9.17) is 36.0 Å². The molecule has 0 radical (unpaired) electrons. The number of aliphatic hydroxyl groups is 1. The van der Waals surface area contributed by atoms with Gasteiger partial charge in [-0.3, -0.25) is 0 Å². The Labute approximate surface area is 271 Å². The zero-order chi connectivity index (χ0) is 34.1. The van der Waals surface area contributed by atoms with Gasteiger partial charge in [0.1, 0.15) is 18.2 Å². The third kappa shape index (κ3) is 7.77. The number of ether oxygens (including phenoxy) is 2. The van der Waals surface area contributed by atoms with E-state index in [0.717, 1.165) is 28.9 Å². The number of rotatable bonds is 7. The van der Waals surface area contributed by atoms with Gasteiger partial charge in [0.15, 0.2) is 0 Å². The van der Waals surface area contributed by atoms with Gasteiger partial charge in [0.05, 0.1) is 59.6 Å². The summed E-state index contributed by atoms with van der Waals surface area (Å²) in [5, 5.41) is 25.0. The summed E-state index contributed by atoms with van der Waals surface area (Å²) >= 11 is 6.47. The van der Waals surface area contributed by atoms with Crippen molar-refractivity contribution in [1.82, 2.24) is 24.5 Å². The molecule has 47 heavy (non-hydrogen) atoms. The van der Waals surface area contributed by atoms with Crippen LogP contribution in [0.15, 0.2) is 55.1 Å². The molecule has 2 bridgehead atoms. The maximum absolute atomic E-state index is 12.9. The second kappa shape index (κ2) is 13.1. The van der Waals surface area contributed by atoms with Crippen LogP contribution in [0.4, 0.5) is 29.5 Å². The number of halogens is 4. The van der Waals surface area contributed by atoms with Gasteiger partial charge in [-0.1, -0.05) is 11.6 Å². The van der Waals surface area contributed by atoms with Crippen molar-refractivity contribution < 1.29 is 42.4 Å². The van der Waals surface area contributed by atoms with Crippen LogP contribution < -0.4 is 19.7 Å². The minimum atomic E-state index is -5.08. The molecule has 3 aliphatic heterocycles. The number of alkyl halides is 3. The zero-order valence-electron chi connectivity index (χ0n) is 25.4. The lowest BCUT2D eigenvalue weighted by Crippen LogP contribution is -2.71. The topological polar surface area (TPSA) is 155 Å². The van der Waals surface area contributed by atoms with E-state index in [-0.39, 0.29) is 24.7 Å². The molecule has 3 saturated heterocycles. The van der Waals surface area contributed by atoms with E-state index in [9.17, 15) is 23.1 Å². The standard InChI is InChI=1S/C28H30ClN7O4.C2HF3O2/c1-28(2,38)16-40-21-9-22(26-23(29)12-32-35(26)15-21)17-4-6-24(30-10-17)34-13-19-8-20(14-34)36(19)27(37)33-18-5-7-25(39-3)31-11-18;3-2(4,5)1(6)7/h4-7,9-12,15,19-20,38H,8,13-14,16H2,1-3H3,(H,33,37);(H,6,7). The van der Waals surface area contributed by atoms with Crippen molar-refractivity contribution in [3.05, 3.63) is 60.1 Å². The molecular weight excluding hydrogens is 647 g/mol. The van der Waals surface area contributed by atoms with Crippen molar-refractivity contribution in [2.45, 2.75) is 44.1 Å². The highest BCUT2D eigenvalue weighted by Crippen LogP contribution is 2.37. The summed E-state index contributed by atoms with van der Waals surface area (Å²) in [6.45, 7) is 4.92. The first-order chi connectivity index (χ1) is 22.1. The number of hydrogen-bond donors (Lipinski definition) is 3. The number of amides is 2. The Morgan fingerprint density at radius 2 is 1.79 bits per heavy atom. The second-order valence-electron chi connectivity index (χ2n) is 11.6. The fourth-order valence-electron chi connectivity index (χ4n) is 5.24. The van der Waals surface area contributed by atoms with Crippen LogP contribution in [0, 0.1) is 0 Å². The molecule has 2 atom stereocenters. The number of aromatic nitrogens is 4. The summed E-state index contributed by atoms with van der Waals surface area (Å²) in [6, 6.07) is 9.47. The van der Waals surface area contributed by atoms with Crippen molar-refractivity contribution in [1.29, 1.82) is 0 Å². The van der Waals surface area contributed by atoms with Gasteiger partial charge in [-0.15, -0.1) is 0 Å². The first kappa shape index (κ1) is 33.5. The molecule has 0 saturated carbocycles. The second-order valence-corrected chi connectivity index (χ2v) is 12.0. The molecule has 4 aromatic heterocycles. The Kier molecular flexibility index (Phi) is 9.36. The maximum atomic E-state index is 12.9. The van der Waals surface area contributed by atoms with Crippen molar-refractivity contribution in [2.75, 3.05) is 37.0 Å². The molecule has 0 aliphatic carbocycles. The number of anilines is 2. The van der Waals surface area contributed by atoms with E-state index in [1.54, 1.807) is 56.2 Å². The van der Waals surface area contributed by atoms with Crippen molar-refractivity contribution in [2.24, 2.45) is 0 Å². The number of nitrogens with one attached hydrogen (secondary N) is 1. The number of carbonyl (C=O) groups is 2. The molecule has 7 heterocycles. The molecule has 2 amide bonds. The number of pyridine rings is 3. The van der Waals surface area contributed by atoms with E-state index in [1.807, 2.05) is 29.3 Å². The van der Waals surface area contributed by atoms with Crippen LogP contribution in [0.2, 0.25) is 5.02 Å². The number of urea groups is 1. The van der Waals surface area contributed by atoms with Crippen molar-refractivity contribution in [3.63, 3.8) is 0 Å². The molecular formula is C30H31ClF3N7O6. The molecule has 13 nitrogen and oxygen atoms in total. The number of nitrogens with zero attached hydrogens (tertiary/aromatic N) is 6. The molecule has 3 N–H and O–H groups in total. The van der Waals surface area contributed by atoms with Gasteiger partial charge < -0.3 is 34.8 Å². The van der Waals surface area contributed by atoms with Crippen LogP contribution in [0.5, 0.6) is 11.6 Å². The Balaban J connectivity index is 0.000000559. The molecule has 2 unspecified atom stereocenters. The van der Waals surface area contributed by atoms with Gasteiger partial charge in [-0.05, 0) is 44.5 Å². The van der Waals surface area contributed by atoms with Crippen LogP contribution in [0.3, 0.4) is 0 Å². The third-order valence-electron chi connectivity index (χ3n) is 7.38. The lowest BCUT2D eigenvalue weighted by molar-refractivity contribution is -0.192. The predicted octanol–water partition coefficient (Wildman–Crippen LogP) is 4.73. The number of aliphatic carboxylic acids is 1. The SMILES string of the molecule is COc1ccc(NC(=O)N2C3CC2CN(c2ccc(-c4cc(OCC(C)(C)O)cn5ncc(Cl)c45)cn2)C3)cn1.O=C(O)C(F)(F)F. The number of carboxylic acid groups (broad SMARTS) is 1. The molecule has 3 aliphatic rings. The van der Waals surface area contributed by atoms with Crippen molar-refractivity contribution in [3.8, 4) is 22.8 Å². The number of piperazine rings is 1. The summed E-state index contributed by atoms with van der Waals surface area (Å²) in [4.78, 5) is 34.9. The minimum Gasteiger partial charge on any atom is -0.489 e. The van der Waals surface area contributed by atoms with Crippen LogP contribution >= 0.6 is 11.6 Å². The largest absolute Gasteiger partial charge is 0.490 e. The third-order valence-corrected chi connectivity index (χ3v) is 7.66. The molecule has 17 heteroatoms. The van der Waals surface area contributed by atoms with Gasteiger partial charge in [0.2, 0.25) is 5.88 Å². The van der Waals surface area contributed by atoms with Crippen LogP contribution in [0.25, 0.3) is 16.6 Å². The summed E-state index contributed by atoms with van der Waals surface area (Å²) < 4.78 is 44.3. The lowest BCUT2D eigenvalue weighted by Gasteiger charge is -2.56. The highest BCUT2D eigenvalue weighted by atomic mass is 35.5. The van der Waals surface area contributed by atoms with Gasteiger partial charge >= 0.3 is 18.2 Å². The lowest BCUT2D eigenvalue weighted by atomic mass is 9.88. The van der Waals surface area contributed by atoms with Gasteiger partial charge in [0, 0.05) is 36.5 Å². The number of carboxylic acids is 1. The number of piperidine rings is 1. The average molecular weight is 678 g/mol. The van der Waals surface area contributed by atoms with Gasteiger partial charge in [0.25, 0.3) is 0 Å². The Bertz CT molecular complexity index is 1730. The van der Waals surface area contributed by atoms with Crippen LogP contribution in [-0.2, 0) is 4.79 Å². The van der Waals surface area contributed by atoms with Crippen molar-refractivity contribution >= 4 is 40.6 Å². The van der Waals surface area contributed by atoms with E-state index in [1.165, 1.54) is 0 Å². The molecule has 0 aromatic carbocycles. The monoisotopic (exact) mass is 677 g/mol. The first-order valence-electron chi connectivity index (χ1n) is 14.3. The van der Waals surface area contributed by atoms with Gasteiger partial charge in [-0.2, -0.15) is 18.3 Å². The Morgan fingerprint density at radius 1 is 1.09 bits per heavy atom. The zero-order valence-corrected chi connectivity index (χ0v) is 26.2. The number of fused-ring (bicyclic) bond motifs is 3. The highest BCUT2D eigenvalue weighted by molar-refractivity contribution is 6.34. The highest BCUT2D eigenvalue weighted by Gasteiger charge is 2.47. The van der Waals surface area contributed by atoms with E-state index < -0.39 is 17.7 Å². The first-order valence-corrected chi connectivity index (χ1v) is 14.6. The Morgan fingerprint density at radius 3 is 2.34 bits per heavy atom. The molecule has 0 spiro atoms. The van der Waals surface area contributed by atoms with Gasteiger partial charge in [-0.25, -0.2) is 24.1 Å². The summed E-state index contributed by atoms with van der Waals surface area (Å²) in [5.74, 6) is -0.846. The summed E-state index contributed by atoms with van der Waals surface area (Å²) in [7, 11) is 1.55. The fourth-order valence-corrected chi connectivity index (χ4v) is 5.47. The summed E-state index contributed by atoms with van der Waals surface area (Å²) in [5.41, 5.74) is 2.10. The molecule has 3 fully saturated rings. The number of hydrogen-bond acceptors (Lipinski definition) is 9. The summed E-state index contributed by atoms with van der Waals surface area (Å²) in [6.07, 6.45) is 2.62. The van der Waals surface area contributed by atoms with Crippen LogP contribution in [-0.4, -0.2) is 97.4 Å². The van der Waals surface area contributed by atoms with E-state index >= 15 is 0 Å².